The molecule has 2 heterocycles. The van der Waals surface area contributed by atoms with Crippen LogP contribution in [0.2, 0.25) is 0 Å². The van der Waals surface area contributed by atoms with Crippen LogP contribution in [0.15, 0.2) is 23.1 Å². The summed E-state index contributed by atoms with van der Waals surface area (Å²) in [6, 6.07) is 0.715. The first-order valence-corrected chi connectivity index (χ1v) is 13.1. The van der Waals surface area contributed by atoms with E-state index in [1.165, 1.54) is 29.9 Å². The fourth-order valence-electron chi connectivity index (χ4n) is 4.37. The number of nitrogens with zero attached hydrogens (tertiary/aromatic N) is 1. The highest BCUT2D eigenvalue weighted by atomic mass is 32.1. The highest BCUT2D eigenvalue weighted by Crippen LogP contribution is 2.37. The van der Waals surface area contributed by atoms with Crippen LogP contribution >= 0.6 is 12.6 Å². The van der Waals surface area contributed by atoms with Crippen molar-refractivity contribution < 1.29 is 29.0 Å². The highest BCUT2D eigenvalue weighted by molar-refractivity contribution is 7.82. The zero-order valence-corrected chi connectivity index (χ0v) is 23.0. The molecule has 0 unspecified atom stereocenters. The zero-order valence-electron chi connectivity index (χ0n) is 22.1. The van der Waals surface area contributed by atoms with E-state index in [0.29, 0.717) is 19.4 Å². The molecule has 1 aliphatic heterocycles. The molecule has 1 saturated heterocycles. The van der Waals surface area contributed by atoms with Gasteiger partial charge in [0.1, 0.15) is 17.3 Å². The van der Waals surface area contributed by atoms with E-state index in [-0.39, 0.29) is 23.9 Å². The van der Waals surface area contributed by atoms with E-state index in [9.17, 15) is 29.1 Å². The molecule has 1 aromatic rings. The maximum Gasteiger partial charge on any atom is 0.412 e. The first kappa shape index (κ1) is 29.5. The molecule has 4 atom stereocenters. The van der Waals surface area contributed by atoms with Gasteiger partial charge in [-0.05, 0) is 58.1 Å². The molecule has 38 heavy (non-hydrogen) atoms. The van der Waals surface area contributed by atoms with Gasteiger partial charge in [-0.2, -0.15) is 0 Å². The first-order chi connectivity index (χ1) is 17.7. The number of hydrogen-bond donors (Lipinski definition) is 6. The second-order valence-electron chi connectivity index (χ2n) is 10.8. The van der Waals surface area contributed by atoms with Crippen LogP contribution < -0.4 is 26.8 Å². The molecule has 0 radical (unpaired) electrons. The lowest BCUT2D eigenvalue weighted by Gasteiger charge is -2.33. The highest BCUT2D eigenvalue weighted by Gasteiger charge is 2.45. The van der Waals surface area contributed by atoms with Gasteiger partial charge in [-0.25, -0.2) is 4.79 Å². The second-order valence-corrected chi connectivity index (χ2v) is 11.5. The smallest absolute Gasteiger partial charge is 0.412 e. The summed E-state index contributed by atoms with van der Waals surface area (Å²) < 4.78 is 6.45. The first-order valence-electron chi connectivity index (χ1n) is 12.7. The number of anilines is 1. The van der Waals surface area contributed by atoms with E-state index < -0.39 is 52.0 Å². The Morgan fingerprint density at radius 3 is 2.45 bits per heavy atom. The number of aromatic nitrogens is 1. The van der Waals surface area contributed by atoms with Crippen LogP contribution in [-0.2, 0) is 19.1 Å². The maximum absolute atomic E-state index is 13.6. The van der Waals surface area contributed by atoms with Crippen LogP contribution in [0.25, 0.3) is 0 Å². The molecule has 3 rings (SSSR count). The van der Waals surface area contributed by atoms with Gasteiger partial charge in [0.25, 0.3) is 11.5 Å². The van der Waals surface area contributed by atoms with Crippen molar-refractivity contribution in [3.8, 4) is 0 Å². The van der Waals surface area contributed by atoms with E-state index in [0.717, 1.165) is 12.8 Å². The van der Waals surface area contributed by atoms with Crippen LogP contribution in [0.4, 0.5) is 10.5 Å². The van der Waals surface area contributed by atoms with Gasteiger partial charge in [0.05, 0.1) is 6.04 Å². The van der Waals surface area contributed by atoms with Crippen molar-refractivity contribution in [2.75, 3.05) is 18.9 Å². The molecule has 1 aliphatic carbocycles. The van der Waals surface area contributed by atoms with Crippen LogP contribution in [0.3, 0.4) is 0 Å². The minimum Gasteiger partial charge on any atom is -0.444 e. The van der Waals surface area contributed by atoms with Gasteiger partial charge in [0.2, 0.25) is 16.7 Å². The molecule has 210 valence electrons. The van der Waals surface area contributed by atoms with E-state index in [2.05, 4.69) is 33.9 Å². The molecule has 13 heteroatoms. The van der Waals surface area contributed by atoms with Gasteiger partial charge in [0.15, 0.2) is 0 Å². The molecule has 4 amide bonds. The molecule has 1 aromatic heterocycles. The van der Waals surface area contributed by atoms with Crippen molar-refractivity contribution in [2.24, 2.45) is 11.8 Å². The standard InChI is InChI=1S/C25H37N5O7S/c1-24(2,3)37-23(35)28-16-6-5-11-30(21(16)33)17(12-14-7-8-14)20(32)29-18(25(36,38)22(34)26-4)13-15-9-10-27-19(15)31/h5-6,11,14-15,17-18,36,38H,7-10,12-13H2,1-4H3,(H,26,34)(H,27,31)(H,28,35)(H,29,32)/t15-,17+,18+,25+/m1/s1. The summed E-state index contributed by atoms with van der Waals surface area (Å²) >= 11 is 4.15. The second kappa shape index (κ2) is 11.8. The Morgan fingerprint density at radius 1 is 1.21 bits per heavy atom. The third-order valence-electron chi connectivity index (χ3n) is 6.55. The van der Waals surface area contributed by atoms with E-state index in [1.807, 2.05) is 0 Å². The average Bonchev–Trinajstić information content (AvgIpc) is 3.56. The summed E-state index contributed by atoms with van der Waals surface area (Å²) in [6.45, 7) is 5.53. The van der Waals surface area contributed by atoms with Crippen molar-refractivity contribution in [3.05, 3.63) is 28.7 Å². The van der Waals surface area contributed by atoms with Gasteiger partial charge in [-0.3, -0.25) is 24.5 Å². The normalized spacial score (nSPS) is 20.5. The summed E-state index contributed by atoms with van der Waals surface area (Å²) in [4.78, 5) is 61.5. The molecule has 0 aromatic carbocycles. The number of rotatable bonds is 10. The third-order valence-corrected chi connectivity index (χ3v) is 7.06. The summed E-state index contributed by atoms with van der Waals surface area (Å²) in [5, 5.41) is 21.1. The Labute approximate surface area is 226 Å². The summed E-state index contributed by atoms with van der Waals surface area (Å²) in [7, 11) is 1.32. The molecule has 0 bridgehead atoms. The van der Waals surface area contributed by atoms with Gasteiger partial charge >= 0.3 is 6.09 Å². The molecule has 0 spiro atoms. The van der Waals surface area contributed by atoms with Gasteiger partial charge < -0.3 is 30.4 Å². The zero-order chi connectivity index (χ0) is 28.3. The Morgan fingerprint density at radius 2 is 1.89 bits per heavy atom. The topological polar surface area (TPSA) is 168 Å². The fourth-order valence-corrected chi connectivity index (χ4v) is 4.65. The van der Waals surface area contributed by atoms with Crippen molar-refractivity contribution in [3.63, 3.8) is 0 Å². The Bertz CT molecular complexity index is 1130. The molecular formula is C25H37N5O7S. The number of thiol groups is 1. The number of pyridine rings is 1. The molecule has 2 fully saturated rings. The molecule has 5 N–H and O–H groups in total. The van der Waals surface area contributed by atoms with Crippen molar-refractivity contribution >= 4 is 42.1 Å². The SMILES string of the molecule is CNC(=O)[C@@](O)(S)[C@H](C[C@H]1CCNC1=O)NC(=O)[C@H](CC1CC1)n1cccc(NC(=O)OC(C)(C)C)c1=O. The predicted molar refractivity (Wildman–Crippen MR) is 143 cm³/mol. The molecule has 2 aliphatic rings. The Kier molecular flexibility index (Phi) is 9.13. The molecule has 1 saturated carbocycles. The Balaban J connectivity index is 1.89. The average molecular weight is 552 g/mol. The van der Waals surface area contributed by atoms with Crippen molar-refractivity contribution in [1.29, 1.82) is 0 Å². The lowest BCUT2D eigenvalue weighted by Crippen LogP contribution is -2.59. The monoisotopic (exact) mass is 551 g/mol. The number of nitrogens with one attached hydrogen (secondary N) is 4. The number of carbonyl (C=O) groups excluding carboxylic acids is 4. The van der Waals surface area contributed by atoms with E-state index in [1.54, 1.807) is 20.8 Å². The fraction of sp³-hybridized carbons (Fsp3) is 0.640. The number of carbonyl (C=O) groups is 4. The van der Waals surface area contributed by atoms with Crippen molar-refractivity contribution in [1.82, 2.24) is 20.5 Å². The van der Waals surface area contributed by atoms with E-state index in [4.69, 9.17) is 4.74 Å². The van der Waals surface area contributed by atoms with Gasteiger partial charge in [-0.15, -0.1) is 12.6 Å². The lowest BCUT2D eigenvalue weighted by molar-refractivity contribution is -0.136. The summed E-state index contributed by atoms with van der Waals surface area (Å²) in [6.07, 6.45) is 3.21. The molecule has 12 nitrogen and oxygen atoms in total. The van der Waals surface area contributed by atoms with Crippen LogP contribution in [-0.4, -0.2) is 63.7 Å². The Hall–Kier alpha value is -3.06. The lowest BCUT2D eigenvalue weighted by atomic mass is 9.93. The summed E-state index contributed by atoms with van der Waals surface area (Å²) in [5.41, 5.74) is -1.45. The minimum atomic E-state index is -2.32. The number of aliphatic hydroxyl groups is 1. The predicted octanol–water partition coefficient (Wildman–Crippen LogP) is 0.912. The van der Waals surface area contributed by atoms with Crippen LogP contribution in [0, 0.1) is 11.8 Å². The number of likely N-dealkylation sites (N-methyl/N-ethyl adjacent to an activating group) is 1. The molecular weight excluding hydrogens is 514 g/mol. The number of ether oxygens (including phenoxy) is 1. The summed E-state index contributed by atoms with van der Waals surface area (Å²) in [5.74, 6) is -2.02. The minimum absolute atomic E-state index is 0.0315. The largest absolute Gasteiger partial charge is 0.444 e. The maximum atomic E-state index is 13.6. The number of amides is 4. The quantitative estimate of drug-likeness (QED) is 0.186. The third kappa shape index (κ3) is 7.50. The van der Waals surface area contributed by atoms with Gasteiger partial charge in [-0.1, -0.05) is 12.8 Å². The van der Waals surface area contributed by atoms with Crippen LogP contribution in [0.1, 0.15) is 58.9 Å². The van der Waals surface area contributed by atoms with Crippen LogP contribution in [0.5, 0.6) is 0 Å². The number of hydrogen-bond acceptors (Lipinski definition) is 8. The van der Waals surface area contributed by atoms with Gasteiger partial charge in [0, 0.05) is 25.7 Å². The van der Waals surface area contributed by atoms with E-state index >= 15 is 0 Å². The van der Waals surface area contributed by atoms with Crippen molar-refractivity contribution in [2.45, 2.75) is 75.5 Å².